The molecular weight excluding hydrogens is 234 g/mol. The fraction of sp³-hybridized carbons (Fsp3) is 0.846. The number of hydrogen-bond acceptors (Lipinski definition) is 2. The first-order valence-corrected chi connectivity index (χ1v) is 7.24. The summed E-state index contributed by atoms with van der Waals surface area (Å²) in [6.07, 6.45) is 8.70. The zero-order valence-electron chi connectivity index (χ0n) is 10.3. The fourth-order valence-corrected chi connectivity index (χ4v) is 3.70. The first-order chi connectivity index (χ1) is 8.26. The SMILES string of the molecule is CCC(Cl)c1cn(CC2CC3CCC2C3)nn1. The molecule has 17 heavy (non-hydrogen) atoms. The van der Waals surface area contributed by atoms with Crippen LogP contribution in [-0.2, 0) is 6.54 Å². The predicted octanol–water partition coefficient (Wildman–Crippen LogP) is 3.40. The third-order valence-corrected chi connectivity index (χ3v) is 5.07. The Labute approximate surface area is 108 Å². The summed E-state index contributed by atoms with van der Waals surface area (Å²) < 4.78 is 2.01. The van der Waals surface area contributed by atoms with Crippen LogP contribution >= 0.6 is 11.6 Å². The highest BCUT2D eigenvalue weighted by Gasteiger charge is 2.39. The lowest BCUT2D eigenvalue weighted by atomic mass is 9.89. The molecule has 4 heteroatoms. The average Bonchev–Trinajstić information content (AvgIpc) is 3.03. The topological polar surface area (TPSA) is 30.7 Å². The van der Waals surface area contributed by atoms with Crippen LogP contribution in [0.4, 0.5) is 0 Å². The maximum absolute atomic E-state index is 6.17. The second-order valence-electron chi connectivity index (χ2n) is 5.68. The van der Waals surface area contributed by atoms with Gasteiger partial charge in [0.2, 0.25) is 0 Å². The Morgan fingerprint density at radius 1 is 1.47 bits per heavy atom. The first kappa shape index (κ1) is 11.5. The molecule has 0 spiro atoms. The molecule has 94 valence electrons. The summed E-state index contributed by atoms with van der Waals surface area (Å²) in [5, 5.41) is 8.40. The zero-order chi connectivity index (χ0) is 11.8. The van der Waals surface area contributed by atoms with Crippen molar-refractivity contribution in [2.24, 2.45) is 17.8 Å². The second kappa shape index (κ2) is 4.60. The lowest BCUT2D eigenvalue weighted by molar-refractivity contribution is 0.283. The van der Waals surface area contributed by atoms with Crippen LogP contribution in [0.1, 0.15) is 50.1 Å². The van der Waals surface area contributed by atoms with Gasteiger partial charge < -0.3 is 0 Å². The molecule has 2 saturated carbocycles. The van der Waals surface area contributed by atoms with Gasteiger partial charge in [0.25, 0.3) is 0 Å². The van der Waals surface area contributed by atoms with Crippen LogP contribution in [0.25, 0.3) is 0 Å². The third-order valence-electron chi connectivity index (χ3n) is 4.54. The molecule has 3 rings (SSSR count). The lowest BCUT2D eigenvalue weighted by Gasteiger charge is -2.20. The number of hydrogen-bond donors (Lipinski definition) is 0. The largest absolute Gasteiger partial charge is 0.252 e. The molecule has 0 aliphatic heterocycles. The van der Waals surface area contributed by atoms with E-state index in [1.54, 1.807) is 0 Å². The first-order valence-electron chi connectivity index (χ1n) is 6.80. The Hall–Kier alpha value is -0.570. The Morgan fingerprint density at radius 3 is 3.00 bits per heavy atom. The van der Waals surface area contributed by atoms with Crippen molar-refractivity contribution in [3.63, 3.8) is 0 Å². The molecule has 2 aliphatic rings. The fourth-order valence-electron chi connectivity index (χ4n) is 3.60. The second-order valence-corrected chi connectivity index (χ2v) is 6.20. The monoisotopic (exact) mass is 253 g/mol. The van der Waals surface area contributed by atoms with E-state index >= 15 is 0 Å². The standard InChI is InChI=1S/C13H20ClN3/c1-2-12(14)13-8-17(16-15-13)7-11-6-9-3-4-10(11)5-9/h8-12H,2-7H2,1H3. The molecule has 2 bridgehead atoms. The van der Waals surface area contributed by atoms with Crippen LogP contribution in [0.15, 0.2) is 6.20 Å². The van der Waals surface area contributed by atoms with E-state index in [1.165, 1.54) is 25.7 Å². The van der Waals surface area contributed by atoms with Gasteiger partial charge in [-0.3, -0.25) is 4.68 Å². The minimum Gasteiger partial charge on any atom is -0.252 e. The van der Waals surface area contributed by atoms with Gasteiger partial charge in [-0.2, -0.15) is 0 Å². The Morgan fingerprint density at radius 2 is 2.35 bits per heavy atom. The van der Waals surface area contributed by atoms with Crippen molar-refractivity contribution in [3.05, 3.63) is 11.9 Å². The van der Waals surface area contributed by atoms with Gasteiger partial charge in [0, 0.05) is 12.7 Å². The molecule has 2 fully saturated rings. The minimum atomic E-state index is 0.0174. The molecule has 0 N–H and O–H groups in total. The lowest BCUT2D eigenvalue weighted by Crippen LogP contribution is -2.17. The van der Waals surface area contributed by atoms with E-state index in [4.69, 9.17) is 11.6 Å². The number of fused-ring (bicyclic) bond motifs is 2. The molecular formula is C13H20ClN3. The van der Waals surface area contributed by atoms with Gasteiger partial charge in [-0.05, 0) is 43.4 Å². The van der Waals surface area contributed by atoms with E-state index < -0.39 is 0 Å². The van der Waals surface area contributed by atoms with Crippen molar-refractivity contribution in [2.45, 2.75) is 50.9 Å². The third kappa shape index (κ3) is 2.22. The summed E-state index contributed by atoms with van der Waals surface area (Å²) in [7, 11) is 0. The van der Waals surface area contributed by atoms with E-state index in [0.29, 0.717) is 0 Å². The van der Waals surface area contributed by atoms with Crippen molar-refractivity contribution in [1.82, 2.24) is 15.0 Å². The van der Waals surface area contributed by atoms with E-state index in [9.17, 15) is 0 Å². The molecule has 3 nitrogen and oxygen atoms in total. The number of alkyl halides is 1. The highest BCUT2D eigenvalue weighted by atomic mass is 35.5. The van der Waals surface area contributed by atoms with Gasteiger partial charge in [-0.25, -0.2) is 0 Å². The molecule has 0 amide bonds. The molecule has 4 atom stereocenters. The van der Waals surface area contributed by atoms with E-state index in [2.05, 4.69) is 17.2 Å². The van der Waals surface area contributed by atoms with Gasteiger partial charge in [0.05, 0.1) is 5.38 Å². The normalized spacial score (nSPS) is 33.2. The van der Waals surface area contributed by atoms with Crippen LogP contribution in [0, 0.1) is 17.8 Å². The minimum absolute atomic E-state index is 0.0174. The maximum Gasteiger partial charge on any atom is 0.100 e. The molecule has 1 aromatic heterocycles. The molecule has 1 heterocycles. The Kier molecular flexibility index (Phi) is 3.12. The predicted molar refractivity (Wildman–Crippen MR) is 67.8 cm³/mol. The summed E-state index contributed by atoms with van der Waals surface area (Å²) >= 11 is 6.17. The van der Waals surface area contributed by atoms with Crippen LogP contribution in [0.5, 0.6) is 0 Å². The van der Waals surface area contributed by atoms with Gasteiger partial charge in [-0.1, -0.05) is 18.6 Å². The molecule has 0 radical (unpaired) electrons. The van der Waals surface area contributed by atoms with Crippen LogP contribution in [0.2, 0.25) is 0 Å². The summed E-state index contributed by atoms with van der Waals surface area (Å²) in [6, 6.07) is 0. The summed E-state index contributed by atoms with van der Waals surface area (Å²) in [5.41, 5.74) is 0.928. The van der Waals surface area contributed by atoms with Crippen molar-refractivity contribution in [2.75, 3.05) is 0 Å². The number of halogens is 1. The molecule has 0 saturated heterocycles. The van der Waals surface area contributed by atoms with Crippen molar-refractivity contribution >= 4 is 11.6 Å². The van der Waals surface area contributed by atoms with E-state index in [1.807, 2.05) is 10.9 Å². The van der Waals surface area contributed by atoms with Crippen molar-refractivity contribution in [3.8, 4) is 0 Å². The summed E-state index contributed by atoms with van der Waals surface area (Å²) in [6.45, 7) is 3.12. The Balaban J connectivity index is 1.63. The average molecular weight is 254 g/mol. The van der Waals surface area contributed by atoms with Crippen LogP contribution < -0.4 is 0 Å². The van der Waals surface area contributed by atoms with Gasteiger partial charge in [0.1, 0.15) is 5.69 Å². The molecule has 1 aromatic rings. The van der Waals surface area contributed by atoms with Gasteiger partial charge in [-0.15, -0.1) is 16.7 Å². The van der Waals surface area contributed by atoms with E-state index in [0.717, 1.165) is 36.4 Å². The number of aromatic nitrogens is 3. The van der Waals surface area contributed by atoms with Crippen LogP contribution in [-0.4, -0.2) is 15.0 Å². The summed E-state index contributed by atoms with van der Waals surface area (Å²) in [4.78, 5) is 0. The van der Waals surface area contributed by atoms with Gasteiger partial charge in [0.15, 0.2) is 0 Å². The molecule has 2 aliphatic carbocycles. The quantitative estimate of drug-likeness (QED) is 0.770. The Bertz CT molecular complexity index is 390. The van der Waals surface area contributed by atoms with E-state index in [-0.39, 0.29) is 5.38 Å². The molecule has 4 unspecified atom stereocenters. The smallest absolute Gasteiger partial charge is 0.100 e. The van der Waals surface area contributed by atoms with Crippen molar-refractivity contribution in [1.29, 1.82) is 0 Å². The number of rotatable bonds is 4. The maximum atomic E-state index is 6.17. The highest BCUT2D eigenvalue weighted by molar-refractivity contribution is 6.20. The summed E-state index contributed by atoms with van der Waals surface area (Å²) in [5.74, 6) is 2.79. The van der Waals surface area contributed by atoms with Gasteiger partial charge >= 0.3 is 0 Å². The zero-order valence-corrected chi connectivity index (χ0v) is 11.1. The highest BCUT2D eigenvalue weighted by Crippen LogP contribution is 2.48. The van der Waals surface area contributed by atoms with Crippen LogP contribution in [0.3, 0.4) is 0 Å². The molecule has 0 aromatic carbocycles. The van der Waals surface area contributed by atoms with Crippen molar-refractivity contribution < 1.29 is 0 Å². The number of nitrogens with zero attached hydrogens (tertiary/aromatic N) is 3.